The number of hydrogen-bond acceptors (Lipinski definition) is 9. The highest BCUT2D eigenvalue weighted by atomic mass is 32.1. The molecule has 2 aliphatic heterocycles. The number of esters is 1. The molecule has 0 radical (unpaired) electrons. The van der Waals surface area contributed by atoms with E-state index in [1.165, 1.54) is 18.1 Å². The summed E-state index contributed by atoms with van der Waals surface area (Å²) in [4.78, 5) is 33.1. The first kappa shape index (κ1) is 33.5. The molecule has 1 saturated carbocycles. The van der Waals surface area contributed by atoms with Crippen molar-refractivity contribution < 1.29 is 32.2 Å². The summed E-state index contributed by atoms with van der Waals surface area (Å²) in [5, 5.41) is 9.16. The lowest BCUT2D eigenvalue weighted by atomic mass is 9.89. The van der Waals surface area contributed by atoms with E-state index in [2.05, 4.69) is 23.6 Å². The molecular formula is C30H42F3N5O4S. The summed E-state index contributed by atoms with van der Waals surface area (Å²) in [5.74, 6) is -0.562. The lowest BCUT2D eigenvalue weighted by Gasteiger charge is -2.44. The number of piperazine rings is 1. The second-order valence-electron chi connectivity index (χ2n) is 12.3. The van der Waals surface area contributed by atoms with Gasteiger partial charge in [-0.1, -0.05) is 0 Å². The maximum absolute atomic E-state index is 13.6. The predicted octanol–water partition coefficient (Wildman–Crippen LogP) is 4.11. The third kappa shape index (κ3) is 7.14. The number of ether oxygens (including phenoxy) is 2. The van der Waals surface area contributed by atoms with Gasteiger partial charge in [-0.05, 0) is 71.6 Å². The monoisotopic (exact) mass is 625 g/mol. The average Bonchev–Trinajstić information content (AvgIpc) is 3.13. The molecule has 2 heterocycles. The molecule has 0 bridgehead atoms. The van der Waals surface area contributed by atoms with E-state index in [4.69, 9.17) is 27.4 Å². The van der Waals surface area contributed by atoms with Crippen LogP contribution in [-0.2, 0) is 25.2 Å². The van der Waals surface area contributed by atoms with Crippen LogP contribution < -0.4 is 4.90 Å². The molecule has 4 rings (SSSR count). The summed E-state index contributed by atoms with van der Waals surface area (Å²) in [6.07, 6.45) is -1.47. The lowest BCUT2D eigenvalue weighted by molar-refractivity contribution is -0.144. The Kier molecular flexibility index (Phi) is 10.4. The Balaban J connectivity index is 1.32. The number of thiol groups is 1. The van der Waals surface area contributed by atoms with Crippen LogP contribution in [0.4, 0.5) is 18.9 Å². The van der Waals surface area contributed by atoms with Crippen molar-refractivity contribution in [1.29, 1.82) is 5.26 Å². The number of carbonyl (C=O) groups is 2. The Labute approximate surface area is 257 Å². The van der Waals surface area contributed by atoms with Crippen molar-refractivity contribution in [2.24, 2.45) is 0 Å². The summed E-state index contributed by atoms with van der Waals surface area (Å²) >= 11 is 4.73. The van der Waals surface area contributed by atoms with Gasteiger partial charge >= 0.3 is 12.1 Å². The number of alkyl halides is 3. The van der Waals surface area contributed by atoms with Gasteiger partial charge in [0.25, 0.3) is 0 Å². The molecule has 1 amide bonds. The highest BCUT2D eigenvalue weighted by Gasteiger charge is 2.54. The van der Waals surface area contributed by atoms with Crippen LogP contribution in [0.25, 0.3) is 0 Å². The van der Waals surface area contributed by atoms with Gasteiger partial charge in [-0.3, -0.25) is 29.2 Å². The zero-order valence-corrected chi connectivity index (χ0v) is 26.3. The van der Waals surface area contributed by atoms with Gasteiger partial charge in [-0.2, -0.15) is 18.4 Å². The molecule has 238 valence electrons. The highest BCUT2D eigenvalue weighted by molar-refractivity contribution is 7.81. The number of nitriles is 1. The number of benzene rings is 1. The molecule has 0 N–H and O–H groups in total. The summed E-state index contributed by atoms with van der Waals surface area (Å²) in [6.45, 7) is 11.2. The van der Waals surface area contributed by atoms with Crippen molar-refractivity contribution in [2.45, 2.75) is 94.8 Å². The number of hydrogen-bond donors (Lipinski definition) is 1. The summed E-state index contributed by atoms with van der Waals surface area (Å²) in [5.41, 5.74) is -3.21. The van der Waals surface area contributed by atoms with Gasteiger partial charge in [0.1, 0.15) is 5.50 Å². The van der Waals surface area contributed by atoms with Crippen LogP contribution in [0.15, 0.2) is 18.2 Å². The third-order valence-electron chi connectivity index (χ3n) is 9.09. The van der Waals surface area contributed by atoms with Crippen molar-refractivity contribution >= 4 is 30.2 Å². The molecule has 0 aromatic heterocycles. The van der Waals surface area contributed by atoms with E-state index < -0.39 is 28.3 Å². The van der Waals surface area contributed by atoms with Crippen molar-refractivity contribution in [2.75, 3.05) is 44.8 Å². The first-order chi connectivity index (χ1) is 20.2. The minimum absolute atomic E-state index is 0.0105. The first-order valence-electron chi connectivity index (χ1n) is 14.8. The van der Waals surface area contributed by atoms with Gasteiger partial charge in [-0.15, -0.1) is 12.6 Å². The topological polar surface area (TPSA) is 89.3 Å². The molecule has 1 aliphatic carbocycles. The first-order valence-corrected chi connectivity index (χ1v) is 15.3. The van der Waals surface area contributed by atoms with Crippen LogP contribution in [0.3, 0.4) is 0 Å². The van der Waals surface area contributed by atoms with Crippen LogP contribution in [0.2, 0.25) is 0 Å². The van der Waals surface area contributed by atoms with E-state index in [0.717, 1.165) is 57.5 Å². The predicted molar refractivity (Wildman–Crippen MR) is 158 cm³/mol. The average molecular weight is 626 g/mol. The van der Waals surface area contributed by atoms with E-state index in [1.807, 2.05) is 4.90 Å². The van der Waals surface area contributed by atoms with Gasteiger partial charge in [0.2, 0.25) is 5.91 Å². The Morgan fingerprint density at radius 1 is 1.14 bits per heavy atom. The van der Waals surface area contributed by atoms with Gasteiger partial charge in [0.05, 0.1) is 49.1 Å². The van der Waals surface area contributed by atoms with Crippen molar-refractivity contribution in [1.82, 2.24) is 14.7 Å². The van der Waals surface area contributed by atoms with Gasteiger partial charge < -0.3 is 9.47 Å². The largest absolute Gasteiger partial charge is 0.468 e. The van der Waals surface area contributed by atoms with Crippen molar-refractivity contribution in [3.8, 4) is 6.07 Å². The summed E-state index contributed by atoms with van der Waals surface area (Å²) in [6, 6.07) is 5.39. The highest BCUT2D eigenvalue weighted by Crippen LogP contribution is 2.43. The molecule has 1 unspecified atom stereocenters. The Bertz CT molecular complexity index is 1210. The number of anilines is 1. The molecule has 43 heavy (non-hydrogen) atoms. The van der Waals surface area contributed by atoms with Gasteiger partial charge in [-0.25, -0.2) is 0 Å². The minimum atomic E-state index is -4.72. The zero-order valence-electron chi connectivity index (χ0n) is 25.4. The lowest BCUT2D eigenvalue weighted by Crippen LogP contribution is -2.58. The number of nitrogens with zero attached hydrogens (tertiary/aromatic N) is 5. The van der Waals surface area contributed by atoms with Crippen molar-refractivity contribution in [3.05, 3.63) is 29.3 Å². The number of methoxy groups -OCH3 is 1. The molecule has 2 saturated heterocycles. The van der Waals surface area contributed by atoms with Crippen LogP contribution in [-0.4, -0.2) is 102 Å². The van der Waals surface area contributed by atoms with Gasteiger partial charge in [0, 0.05) is 43.4 Å². The number of amides is 1. The van der Waals surface area contributed by atoms with E-state index in [0.29, 0.717) is 13.2 Å². The maximum atomic E-state index is 13.6. The SMILES string of the molecule is COC(=O)CN1[C@H](C)CN(CCOC2CCC(N3C(S)N(c4ccc(C#N)c(C(F)(F)F)c4)C(=O)C3(C)C)CC2)C[C@@H]1C. The van der Waals surface area contributed by atoms with E-state index in [-0.39, 0.29) is 41.8 Å². The normalized spacial score (nSPS) is 29.1. The maximum Gasteiger partial charge on any atom is 0.417 e. The molecule has 1 aromatic carbocycles. The van der Waals surface area contributed by atoms with Crippen LogP contribution in [0.1, 0.15) is 64.5 Å². The number of halogens is 3. The molecule has 9 nitrogen and oxygen atoms in total. The minimum Gasteiger partial charge on any atom is -0.468 e. The molecule has 13 heteroatoms. The smallest absolute Gasteiger partial charge is 0.417 e. The zero-order chi connectivity index (χ0) is 31.7. The summed E-state index contributed by atoms with van der Waals surface area (Å²) < 4.78 is 52.0. The quantitative estimate of drug-likeness (QED) is 0.341. The van der Waals surface area contributed by atoms with Crippen LogP contribution in [0, 0.1) is 11.3 Å². The van der Waals surface area contributed by atoms with Crippen LogP contribution in [0.5, 0.6) is 0 Å². The fourth-order valence-electron chi connectivity index (χ4n) is 6.85. The number of rotatable bonds is 8. The Morgan fingerprint density at radius 3 is 2.33 bits per heavy atom. The van der Waals surface area contributed by atoms with E-state index >= 15 is 0 Å². The van der Waals surface area contributed by atoms with Crippen molar-refractivity contribution in [3.63, 3.8) is 0 Å². The fraction of sp³-hybridized carbons (Fsp3) is 0.700. The molecule has 1 aromatic rings. The Hall–Kier alpha value is -2.37. The van der Waals surface area contributed by atoms with E-state index in [9.17, 15) is 22.8 Å². The van der Waals surface area contributed by atoms with Crippen LogP contribution >= 0.6 is 12.6 Å². The fourth-order valence-corrected chi connectivity index (χ4v) is 7.56. The standard InChI is InChI=1S/C30H42F3N5O4S/c1-19-16-35(17-20(2)36(19)18-26(39)41-5)12-13-42-24-10-8-22(9-11-24)38-28(43)37(27(40)29(38,3)4)23-7-6-21(15-34)25(14-23)30(31,32)33/h6-7,14,19-20,22,24,28,43H,8-13,16-18H2,1-5H3/t19-,20+,22?,24?,28?. The van der Waals surface area contributed by atoms with Gasteiger partial charge in [0.15, 0.2) is 0 Å². The molecular weight excluding hydrogens is 583 g/mol. The Morgan fingerprint density at radius 2 is 1.77 bits per heavy atom. The molecule has 3 aliphatic rings. The molecule has 3 atom stereocenters. The molecule has 0 spiro atoms. The second kappa shape index (κ2) is 13.3. The number of carbonyl (C=O) groups excluding carboxylic acids is 2. The molecule has 3 fully saturated rings. The van der Waals surface area contributed by atoms with E-state index in [1.54, 1.807) is 19.9 Å². The third-order valence-corrected chi connectivity index (χ3v) is 9.57. The summed E-state index contributed by atoms with van der Waals surface area (Å²) in [7, 11) is 1.41. The second-order valence-corrected chi connectivity index (χ2v) is 12.8.